The van der Waals surface area contributed by atoms with Crippen LogP contribution < -0.4 is 10.2 Å². The summed E-state index contributed by atoms with van der Waals surface area (Å²) in [6, 6.07) is 3.59. The Morgan fingerprint density at radius 3 is 3.16 bits per heavy atom. The minimum absolute atomic E-state index is 0.0381. The van der Waals surface area contributed by atoms with Crippen LogP contribution in [0.1, 0.15) is 12.1 Å². The topological polar surface area (TPSA) is 65.5 Å². The summed E-state index contributed by atoms with van der Waals surface area (Å²) in [5.74, 6) is -0.0381. The molecule has 0 spiro atoms. The summed E-state index contributed by atoms with van der Waals surface area (Å²) in [4.78, 5) is 31.5. The first-order chi connectivity index (χ1) is 9.25. The predicted octanol–water partition coefficient (Wildman–Crippen LogP) is 0.386. The van der Waals surface area contributed by atoms with Gasteiger partial charge in [-0.2, -0.15) is 0 Å². The molecule has 1 saturated heterocycles. The fourth-order valence-corrected chi connectivity index (χ4v) is 2.54. The van der Waals surface area contributed by atoms with E-state index in [1.165, 1.54) is 0 Å². The van der Waals surface area contributed by atoms with Gasteiger partial charge in [0.1, 0.15) is 6.54 Å². The second-order valence-corrected chi connectivity index (χ2v) is 4.77. The van der Waals surface area contributed by atoms with Crippen molar-refractivity contribution in [3.63, 3.8) is 0 Å². The molecule has 0 atom stereocenters. The second kappa shape index (κ2) is 4.87. The number of anilines is 1. The van der Waals surface area contributed by atoms with Gasteiger partial charge in [0.2, 0.25) is 5.91 Å². The summed E-state index contributed by atoms with van der Waals surface area (Å²) in [5.41, 5.74) is 1.84. The number of nitrogens with one attached hydrogen (secondary N) is 1. The van der Waals surface area contributed by atoms with Crippen molar-refractivity contribution < 1.29 is 9.59 Å². The molecule has 19 heavy (non-hydrogen) atoms. The van der Waals surface area contributed by atoms with Crippen molar-refractivity contribution >= 4 is 17.6 Å². The highest BCUT2D eigenvalue weighted by Crippen LogP contribution is 2.25. The maximum atomic E-state index is 12.3. The third kappa shape index (κ3) is 2.25. The van der Waals surface area contributed by atoms with Gasteiger partial charge in [0.25, 0.3) is 0 Å². The van der Waals surface area contributed by atoms with Crippen LogP contribution in [0.4, 0.5) is 10.5 Å². The number of aromatic nitrogens is 1. The van der Waals surface area contributed by atoms with Gasteiger partial charge in [-0.05, 0) is 18.6 Å². The number of rotatable bonds is 2. The van der Waals surface area contributed by atoms with E-state index < -0.39 is 0 Å². The normalized spacial score (nSPS) is 18.2. The van der Waals surface area contributed by atoms with Crippen LogP contribution in [0.5, 0.6) is 0 Å². The summed E-state index contributed by atoms with van der Waals surface area (Å²) in [6.45, 7) is 2.13. The Morgan fingerprint density at radius 1 is 1.42 bits per heavy atom. The summed E-state index contributed by atoms with van der Waals surface area (Å²) in [5, 5.41) is 2.75. The van der Waals surface area contributed by atoms with Crippen molar-refractivity contribution in [1.29, 1.82) is 0 Å². The highest BCUT2D eigenvalue weighted by Gasteiger charge is 2.28. The zero-order valence-electron chi connectivity index (χ0n) is 10.6. The van der Waals surface area contributed by atoms with Crippen LogP contribution in [-0.2, 0) is 11.2 Å². The Kier molecular flexibility index (Phi) is 3.06. The van der Waals surface area contributed by atoms with E-state index in [2.05, 4.69) is 10.3 Å². The third-order valence-electron chi connectivity index (χ3n) is 3.52. The number of urea groups is 1. The molecule has 1 N–H and O–H groups in total. The Hall–Kier alpha value is -2.11. The number of fused-ring (bicyclic) bond motifs is 1. The van der Waals surface area contributed by atoms with Crippen molar-refractivity contribution in [3.05, 3.63) is 24.0 Å². The van der Waals surface area contributed by atoms with Crippen LogP contribution in [0.25, 0.3) is 0 Å². The SMILES string of the molecule is O=C1NCCCN1CC(=O)N1CCc2ncccc21. The fraction of sp³-hybridized carbons (Fsp3) is 0.462. The van der Waals surface area contributed by atoms with Gasteiger partial charge < -0.3 is 15.1 Å². The number of hydrogen-bond acceptors (Lipinski definition) is 3. The zero-order valence-corrected chi connectivity index (χ0v) is 10.6. The van der Waals surface area contributed by atoms with E-state index >= 15 is 0 Å². The van der Waals surface area contributed by atoms with Gasteiger partial charge in [-0.15, -0.1) is 0 Å². The molecule has 0 saturated carbocycles. The molecule has 6 heteroatoms. The molecule has 3 heterocycles. The molecule has 0 aliphatic carbocycles. The number of pyridine rings is 1. The average Bonchev–Trinajstić information content (AvgIpc) is 2.85. The lowest BCUT2D eigenvalue weighted by Gasteiger charge is -2.28. The molecule has 100 valence electrons. The van der Waals surface area contributed by atoms with Crippen molar-refractivity contribution in [2.45, 2.75) is 12.8 Å². The van der Waals surface area contributed by atoms with Crippen LogP contribution in [-0.4, -0.2) is 48.0 Å². The summed E-state index contributed by atoms with van der Waals surface area (Å²) in [6.07, 6.45) is 3.41. The van der Waals surface area contributed by atoms with E-state index in [0.717, 1.165) is 24.2 Å². The van der Waals surface area contributed by atoms with Gasteiger partial charge in [0.05, 0.1) is 11.4 Å². The lowest BCUT2D eigenvalue weighted by Crippen LogP contribution is -2.50. The van der Waals surface area contributed by atoms with Crippen molar-refractivity contribution in [2.24, 2.45) is 0 Å². The second-order valence-electron chi connectivity index (χ2n) is 4.77. The van der Waals surface area contributed by atoms with Gasteiger partial charge in [-0.25, -0.2) is 4.79 Å². The van der Waals surface area contributed by atoms with E-state index in [1.807, 2.05) is 12.1 Å². The van der Waals surface area contributed by atoms with Crippen molar-refractivity contribution in [3.8, 4) is 0 Å². The molecule has 1 aromatic heterocycles. The molecular weight excluding hydrogens is 244 g/mol. The maximum absolute atomic E-state index is 12.3. The van der Waals surface area contributed by atoms with E-state index in [0.29, 0.717) is 19.6 Å². The Bertz CT molecular complexity index is 517. The monoisotopic (exact) mass is 260 g/mol. The Balaban J connectivity index is 1.70. The van der Waals surface area contributed by atoms with E-state index in [9.17, 15) is 9.59 Å². The van der Waals surface area contributed by atoms with Crippen LogP contribution in [0.15, 0.2) is 18.3 Å². The molecule has 0 unspecified atom stereocenters. The quantitative estimate of drug-likeness (QED) is 0.836. The minimum atomic E-state index is -0.148. The number of carbonyl (C=O) groups excluding carboxylic acids is 2. The first-order valence-electron chi connectivity index (χ1n) is 6.53. The van der Waals surface area contributed by atoms with Gasteiger partial charge in [0.15, 0.2) is 0 Å². The Labute approximate surface area is 111 Å². The Morgan fingerprint density at radius 2 is 2.32 bits per heavy atom. The molecule has 1 aromatic rings. The van der Waals surface area contributed by atoms with Crippen LogP contribution >= 0.6 is 0 Å². The largest absolute Gasteiger partial charge is 0.338 e. The first kappa shape index (κ1) is 12.0. The number of amides is 3. The van der Waals surface area contributed by atoms with Gasteiger partial charge in [-0.3, -0.25) is 9.78 Å². The maximum Gasteiger partial charge on any atom is 0.317 e. The number of carbonyl (C=O) groups is 2. The predicted molar refractivity (Wildman–Crippen MR) is 69.9 cm³/mol. The first-order valence-corrected chi connectivity index (χ1v) is 6.53. The summed E-state index contributed by atoms with van der Waals surface area (Å²) >= 11 is 0. The van der Waals surface area contributed by atoms with E-state index in [-0.39, 0.29) is 18.5 Å². The van der Waals surface area contributed by atoms with Crippen LogP contribution in [0.3, 0.4) is 0 Å². The van der Waals surface area contributed by atoms with Crippen LogP contribution in [0, 0.1) is 0 Å². The standard InChI is InChI=1S/C13H16N4O2/c18-12(9-16-7-2-6-15-13(16)19)17-8-4-10-11(17)3-1-5-14-10/h1,3,5H,2,4,6-9H2,(H,15,19). The average molecular weight is 260 g/mol. The number of hydrogen-bond donors (Lipinski definition) is 1. The summed E-state index contributed by atoms with van der Waals surface area (Å²) < 4.78 is 0. The molecule has 0 radical (unpaired) electrons. The van der Waals surface area contributed by atoms with E-state index in [1.54, 1.807) is 16.0 Å². The van der Waals surface area contributed by atoms with Gasteiger partial charge in [0, 0.05) is 32.3 Å². The van der Waals surface area contributed by atoms with Gasteiger partial charge >= 0.3 is 6.03 Å². The van der Waals surface area contributed by atoms with Crippen LogP contribution in [0.2, 0.25) is 0 Å². The van der Waals surface area contributed by atoms with Crippen molar-refractivity contribution in [1.82, 2.24) is 15.2 Å². The molecule has 0 aromatic carbocycles. The lowest BCUT2D eigenvalue weighted by molar-refractivity contribution is -0.119. The molecule has 2 aliphatic rings. The smallest absolute Gasteiger partial charge is 0.317 e. The number of nitrogens with zero attached hydrogens (tertiary/aromatic N) is 3. The molecule has 1 fully saturated rings. The highest BCUT2D eigenvalue weighted by atomic mass is 16.2. The molecule has 2 aliphatic heterocycles. The van der Waals surface area contributed by atoms with E-state index in [4.69, 9.17) is 0 Å². The van der Waals surface area contributed by atoms with Crippen molar-refractivity contribution in [2.75, 3.05) is 31.1 Å². The summed E-state index contributed by atoms with van der Waals surface area (Å²) in [7, 11) is 0. The molecule has 0 bridgehead atoms. The highest BCUT2D eigenvalue weighted by molar-refractivity contribution is 5.98. The molecule has 6 nitrogen and oxygen atoms in total. The van der Waals surface area contributed by atoms with Gasteiger partial charge in [-0.1, -0.05) is 0 Å². The minimum Gasteiger partial charge on any atom is -0.338 e. The third-order valence-corrected chi connectivity index (χ3v) is 3.52. The zero-order chi connectivity index (χ0) is 13.2. The molecular formula is C13H16N4O2. The fourth-order valence-electron chi connectivity index (χ4n) is 2.54. The molecule has 3 amide bonds. The molecule has 3 rings (SSSR count). The lowest BCUT2D eigenvalue weighted by atomic mass is 10.3.